The van der Waals surface area contributed by atoms with Crippen molar-refractivity contribution in [3.8, 4) is 11.5 Å². The van der Waals surface area contributed by atoms with Crippen molar-refractivity contribution >= 4 is 22.0 Å². The molecule has 0 fully saturated rings. The predicted octanol–water partition coefficient (Wildman–Crippen LogP) is 3.90. The number of urea groups is 1. The zero-order valence-corrected chi connectivity index (χ0v) is 16.1. The van der Waals surface area contributed by atoms with Crippen LogP contribution >= 0.6 is 15.9 Å². The number of carbonyl (C=O) groups excluding carboxylic acids is 1. The first-order valence-corrected chi connectivity index (χ1v) is 8.97. The monoisotopic (exact) mass is 406 g/mol. The number of halogens is 1. The minimum Gasteiger partial charge on any atom is -0.493 e. The van der Waals surface area contributed by atoms with Crippen molar-refractivity contribution < 1.29 is 14.3 Å². The van der Waals surface area contributed by atoms with E-state index in [4.69, 9.17) is 9.47 Å². The summed E-state index contributed by atoms with van der Waals surface area (Å²) >= 11 is 3.42. The first-order valence-electron chi connectivity index (χ1n) is 8.18. The van der Waals surface area contributed by atoms with Crippen LogP contribution in [0.5, 0.6) is 11.5 Å². The van der Waals surface area contributed by atoms with Crippen LogP contribution in [0, 0.1) is 0 Å². The minimum absolute atomic E-state index is 0.183. The summed E-state index contributed by atoms with van der Waals surface area (Å²) in [7, 11) is 1.62. The summed E-state index contributed by atoms with van der Waals surface area (Å²) in [4.78, 5) is 11.9. The van der Waals surface area contributed by atoms with E-state index < -0.39 is 0 Å². The van der Waals surface area contributed by atoms with Crippen LogP contribution in [0.3, 0.4) is 0 Å². The summed E-state index contributed by atoms with van der Waals surface area (Å²) in [5.74, 6) is 1.44. The van der Waals surface area contributed by atoms with Crippen molar-refractivity contribution in [1.82, 2.24) is 10.6 Å². The van der Waals surface area contributed by atoms with Crippen molar-refractivity contribution in [1.29, 1.82) is 0 Å². The van der Waals surface area contributed by atoms with Crippen LogP contribution in [0.1, 0.15) is 18.1 Å². The Labute approximate surface area is 156 Å². The third-order valence-corrected chi connectivity index (χ3v) is 4.06. The molecule has 2 N–H and O–H groups in total. The summed E-state index contributed by atoms with van der Waals surface area (Å²) in [6.07, 6.45) is 0.715. The molecule has 0 aromatic heterocycles. The topological polar surface area (TPSA) is 59.6 Å². The molecular weight excluding hydrogens is 384 g/mol. The molecule has 0 heterocycles. The lowest BCUT2D eigenvalue weighted by molar-refractivity contribution is 0.240. The van der Waals surface area contributed by atoms with Crippen molar-refractivity contribution in [3.05, 3.63) is 58.1 Å². The molecule has 0 radical (unpaired) electrons. The quantitative estimate of drug-likeness (QED) is 0.698. The molecule has 0 aliphatic carbocycles. The van der Waals surface area contributed by atoms with Gasteiger partial charge in [-0.3, -0.25) is 0 Å². The summed E-state index contributed by atoms with van der Waals surface area (Å²) in [5, 5.41) is 5.70. The Bertz CT molecular complexity index is 707. The van der Waals surface area contributed by atoms with Gasteiger partial charge in [-0.15, -0.1) is 0 Å². The summed E-state index contributed by atoms with van der Waals surface area (Å²) in [6, 6.07) is 13.5. The second-order valence-electron chi connectivity index (χ2n) is 5.41. The molecule has 0 spiro atoms. The first-order chi connectivity index (χ1) is 12.1. The van der Waals surface area contributed by atoms with E-state index in [-0.39, 0.29) is 6.03 Å². The van der Waals surface area contributed by atoms with Crippen LogP contribution < -0.4 is 20.1 Å². The van der Waals surface area contributed by atoms with Gasteiger partial charge in [0.05, 0.1) is 13.7 Å². The molecule has 0 aliphatic rings. The zero-order valence-electron chi connectivity index (χ0n) is 14.5. The van der Waals surface area contributed by atoms with Crippen LogP contribution in [0.25, 0.3) is 0 Å². The molecular formula is C19H23BrN2O3. The number of hydrogen-bond donors (Lipinski definition) is 2. The Kier molecular flexibility index (Phi) is 7.60. The lowest BCUT2D eigenvalue weighted by atomic mass is 10.1. The number of carbonyl (C=O) groups is 1. The van der Waals surface area contributed by atoms with E-state index in [1.54, 1.807) is 7.11 Å². The molecule has 134 valence electrons. The van der Waals surface area contributed by atoms with E-state index >= 15 is 0 Å². The normalized spacial score (nSPS) is 10.2. The van der Waals surface area contributed by atoms with Crippen LogP contribution in [0.2, 0.25) is 0 Å². The second-order valence-corrected chi connectivity index (χ2v) is 6.32. The van der Waals surface area contributed by atoms with Crippen molar-refractivity contribution in [2.24, 2.45) is 0 Å². The molecule has 0 bridgehead atoms. The van der Waals surface area contributed by atoms with E-state index in [0.717, 1.165) is 21.3 Å². The van der Waals surface area contributed by atoms with Gasteiger partial charge in [0, 0.05) is 17.6 Å². The third-order valence-electron chi connectivity index (χ3n) is 3.57. The average molecular weight is 407 g/mol. The molecule has 0 saturated heterocycles. The van der Waals surface area contributed by atoms with Gasteiger partial charge in [-0.1, -0.05) is 34.1 Å². The minimum atomic E-state index is -0.183. The fourth-order valence-corrected chi connectivity index (χ4v) is 2.80. The van der Waals surface area contributed by atoms with Gasteiger partial charge < -0.3 is 20.1 Å². The smallest absolute Gasteiger partial charge is 0.315 e. The van der Waals surface area contributed by atoms with Crippen molar-refractivity contribution in [2.75, 3.05) is 20.3 Å². The molecule has 5 nitrogen and oxygen atoms in total. The van der Waals surface area contributed by atoms with Crippen molar-refractivity contribution in [2.45, 2.75) is 19.9 Å². The molecule has 0 saturated carbocycles. The maximum Gasteiger partial charge on any atom is 0.315 e. The van der Waals surface area contributed by atoms with E-state index in [1.807, 2.05) is 49.4 Å². The highest BCUT2D eigenvalue weighted by molar-refractivity contribution is 9.10. The van der Waals surface area contributed by atoms with Crippen LogP contribution in [0.4, 0.5) is 4.79 Å². The van der Waals surface area contributed by atoms with Gasteiger partial charge in [0.2, 0.25) is 0 Å². The summed E-state index contributed by atoms with van der Waals surface area (Å²) < 4.78 is 11.8. The molecule has 0 unspecified atom stereocenters. The summed E-state index contributed by atoms with van der Waals surface area (Å²) in [5.41, 5.74) is 2.12. The Hall–Kier alpha value is -2.21. The number of hydrogen-bond acceptors (Lipinski definition) is 3. The highest BCUT2D eigenvalue weighted by Crippen LogP contribution is 2.28. The van der Waals surface area contributed by atoms with Crippen LogP contribution in [-0.2, 0) is 13.0 Å². The fraction of sp³-hybridized carbons (Fsp3) is 0.316. The number of methoxy groups -OCH3 is 1. The Balaban J connectivity index is 1.77. The van der Waals surface area contributed by atoms with E-state index in [9.17, 15) is 4.79 Å². The van der Waals surface area contributed by atoms with Crippen LogP contribution in [0.15, 0.2) is 46.9 Å². The Morgan fingerprint density at radius 3 is 2.64 bits per heavy atom. The number of ether oxygens (including phenoxy) is 2. The molecule has 0 aliphatic heterocycles. The van der Waals surface area contributed by atoms with Crippen molar-refractivity contribution in [3.63, 3.8) is 0 Å². The first kappa shape index (κ1) is 19.1. The maximum absolute atomic E-state index is 11.9. The molecule has 2 aromatic carbocycles. The number of amides is 2. The number of nitrogens with one attached hydrogen (secondary N) is 2. The Morgan fingerprint density at radius 2 is 1.92 bits per heavy atom. The van der Waals surface area contributed by atoms with E-state index in [0.29, 0.717) is 31.9 Å². The third kappa shape index (κ3) is 6.31. The van der Waals surface area contributed by atoms with Gasteiger partial charge in [0.25, 0.3) is 0 Å². The highest BCUT2D eigenvalue weighted by Gasteiger charge is 2.06. The number of rotatable bonds is 8. The number of benzene rings is 2. The summed E-state index contributed by atoms with van der Waals surface area (Å²) in [6.45, 7) is 3.56. The van der Waals surface area contributed by atoms with Gasteiger partial charge in [0.1, 0.15) is 0 Å². The maximum atomic E-state index is 11.9. The average Bonchev–Trinajstić information content (AvgIpc) is 2.61. The van der Waals surface area contributed by atoms with Gasteiger partial charge in [-0.05, 0) is 48.7 Å². The zero-order chi connectivity index (χ0) is 18.1. The van der Waals surface area contributed by atoms with Gasteiger partial charge in [-0.2, -0.15) is 0 Å². The molecule has 25 heavy (non-hydrogen) atoms. The highest BCUT2D eigenvalue weighted by atomic mass is 79.9. The molecule has 2 amide bonds. The van der Waals surface area contributed by atoms with Gasteiger partial charge in [-0.25, -0.2) is 4.79 Å². The molecule has 6 heteroatoms. The van der Waals surface area contributed by atoms with E-state index in [1.165, 1.54) is 0 Å². The molecule has 2 aromatic rings. The lowest BCUT2D eigenvalue weighted by Gasteiger charge is -2.11. The SMILES string of the molecule is CCOc1ccc(CCNC(=O)NCc2cccc(Br)c2)cc1OC. The standard InChI is InChI=1S/C19H23BrN2O3/c1-3-25-17-8-7-14(12-18(17)24-2)9-10-21-19(23)22-13-15-5-4-6-16(20)11-15/h4-8,11-12H,3,9-10,13H2,1-2H3,(H2,21,22,23). The van der Waals surface area contributed by atoms with Gasteiger partial charge in [0.15, 0.2) is 11.5 Å². The van der Waals surface area contributed by atoms with E-state index in [2.05, 4.69) is 26.6 Å². The second kappa shape index (κ2) is 9.93. The fourth-order valence-electron chi connectivity index (χ4n) is 2.35. The van der Waals surface area contributed by atoms with Gasteiger partial charge >= 0.3 is 6.03 Å². The predicted molar refractivity (Wildman–Crippen MR) is 102 cm³/mol. The lowest BCUT2D eigenvalue weighted by Crippen LogP contribution is -2.36. The largest absolute Gasteiger partial charge is 0.493 e. The molecule has 2 rings (SSSR count). The van der Waals surface area contributed by atoms with Crippen LogP contribution in [-0.4, -0.2) is 26.3 Å². The molecule has 0 atom stereocenters. The Morgan fingerprint density at radius 1 is 1.08 bits per heavy atom.